The van der Waals surface area contributed by atoms with E-state index < -0.39 is 0 Å². The van der Waals surface area contributed by atoms with Crippen molar-refractivity contribution in [1.29, 1.82) is 0 Å². The Hall–Kier alpha value is -1.41. The first-order valence-corrected chi connectivity index (χ1v) is 4.73. The number of ketones is 1. The van der Waals surface area contributed by atoms with Gasteiger partial charge in [0.15, 0.2) is 5.78 Å². The second-order valence-electron chi connectivity index (χ2n) is 3.67. The second-order valence-corrected chi connectivity index (χ2v) is 3.67. The molecule has 0 unspecified atom stereocenters. The summed E-state index contributed by atoms with van der Waals surface area (Å²) in [6, 6.07) is 10.1. The Kier molecular flexibility index (Phi) is 2.46. The minimum Gasteiger partial charge on any atom is -0.295 e. The summed E-state index contributed by atoms with van der Waals surface area (Å²) in [6.45, 7) is 1.39. The third-order valence-corrected chi connectivity index (χ3v) is 2.35. The van der Waals surface area contributed by atoms with Gasteiger partial charge in [0, 0.05) is 6.54 Å². The molecule has 1 aliphatic rings. The molecule has 1 aromatic carbocycles. The third kappa shape index (κ3) is 1.91. The van der Waals surface area contributed by atoms with Crippen LogP contribution in [0.15, 0.2) is 36.4 Å². The molecule has 0 bridgehead atoms. The molecule has 1 aliphatic heterocycles. The Balaban J connectivity index is 2.31. The van der Waals surface area contributed by atoms with Crippen molar-refractivity contribution in [1.82, 2.24) is 4.90 Å². The number of carbonyl (C=O) groups excluding carboxylic acids is 1. The quantitative estimate of drug-likeness (QED) is 0.665. The van der Waals surface area contributed by atoms with Crippen molar-refractivity contribution >= 4 is 11.4 Å². The zero-order chi connectivity index (χ0) is 9.97. The lowest BCUT2D eigenvalue weighted by atomic mass is 10.0. The largest absolute Gasteiger partial charge is 0.295 e. The molecule has 14 heavy (non-hydrogen) atoms. The Labute approximate surface area is 83.8 Å². The molecule has 0 radical (unpaired) electrons. The lowest BCUT2D eigenvalue weighted by Crippen LogP contribution is -2.30. The van der Waals surface area contributed by atoms with Crippen molar-refractivity contribution in [2.24, 2.45) is 0 Å². The van der Waals surface area contributed by atoms with Crippen LogP contribution in [0, 0.1) is 0 Å². The molecule has 0 aromatic heterocycles. The molecular weight excluding hydrogens is 174 g/mol. The predicted molar refractivity (Wildman–Crippen MR) is 56.9 cm³/mol. The van der Waals surface area contributed by atoms with E-state index in [1.165, 1.54) is 0 Å². The first kappa shape index (κ1) is 9.16. The van der Waals surface area contributed by atoms with Crippen molar-refractivity contribution in [3.8, 4) is 0 Å². The van der Waals surface area contributed by atoms with Crippen LogP contribution in [0.3, 0.4) is 0 Å². The van der Waals surface area contributed by atoms with Gasteiger partial charge in [-0.2, -0.15) is 0 Å². The summed E-state index contributed by atoms with van der Waals surface area (Å²) in [5.41, 5.74) is 2.26. The van der Waals surface area contributed by atoms with Gasteiger partial charge < -0.3 is 0 Å². The van der Waals surface area contributed by atoms with Gasteiger partial charge >= 0.3 is 0 Å². The van der Waals surface area contributed by atoms with E-state index in [4.69, 9.17) is 0 Å². The van der Waals surface area contributed by atoms with Crippen LogP contribution in [0.25, 0.3) is 5.57 Å². The van der Waals surface area contributed by atoms with Crippen molar-refractivity contribution in [3.05, 3.63) is 42.0 Å². The fourth-order valence-corrected chi connectivity index (χ4v) is 1.73. The number of nitrogens with zero attached hydrogens (tertiary/aromatic N) is 1. The van der Waals surface area contributed by atoms with Crippen molar-refractivity contribution in [2.75, 3.05) is 20.1 Å². The van der Waals surface area contributed by atoms with Crippen molar-refractivity contribution < 1.29 is 4.79 Å². The molecule has 72 valence electrons. The highest BCUT2D eigenvalue weighted by molar-refractivity contribution is 6.00. The van der Waals surface area contributed by atoms with Crippen LogP contribution in [0.2, 0.25) is 0 Å². The maximum absolute atomic E-state index is 11.3. The summed E-state index contributed by atoms with van der Waals surface area (Å²) in [7, 11) is 1.97. The lowest BCUT2D eigenvalue weighted by molar-refractivity contribution is -0.115. The van der Waals surface area contributed by atoms with Crippen LogP contribution in [0.5, 0.6) is 0 Å². The highest BCUT2D eigenvalue weighted by Gasteiger charge is 2.14. The molecular formula is C12H13NO. The zero-order valence-corrected chi connectivity index (χ0v) is 8.23. The number of hydrogen-bond acceptors (Lipinski definition) is 2. The topological polar surface area (TPSA) is 20.3 Å². The van der Waals surface area contributed by atoms with E-state index in [-0.39, 0.29) is 5.78 Å². The number of benzene rings is 1. The van der Waals surface area contributed by atoms with Gasteiger partial charge in [-0.3, -0.25) is 9.69 Å². The van der Waals surface area contributed by atoms with Gasteiger partial charge in [0.1, 0.15) is 0 Å². The molecule has 0 aliphatic carbocycles. The van der Waals surface area contributed by atoms with Crippen molar-refractivity contribution in [3.63, 3.8) is 0 Å². The molecule has 0 saturated carbocycles. The van der Waals surface area contributed by atoms with E-state index in [9.17, 15) is 4.79 Å². The van der Waals surface area contributed by atoms with Crippen LogP contribution >= 0.6 is 0 Å². The average molecular weight is 187 g/mol. The van der Waals surface area contributed by atoms with Gasteiger partial charge in [-0.1, -0.05) is 30.3 Å². The van der Waals surface area contributed by atoms with Crippen LogP contribution in [-0.2, 0) is 4.79 Å². The number of likely N-dealkylation sites (N-methyl/N-ethyl adjacent to an activating group) is 1. The normalized spacial score (nSPS) is 18.1. The number of rotatable bonds is 1. The van der Waals surface area contributed by atoms with Crippen LogP contribution in [0.1, 0.15) is 5.56 Å². The van der Waals surface area contributed by atoms with E-state index in [1.807, 2.05) is 42.3 Å². The molecule has 0 saturated heterocycles. The number of carbonyl (C=O) groups is 1. The van der Waals surface area contributed by atoms with Crippen LogP contribution in [-0.4, -0.2) is 30.8 Å². The molecule has 2 nitrogen and oxygen atoms in total. The van der Waals surface area contributed by atoms with E-state index in [2.05, 4.69) is 0 Å². The smallest absolute Gasteiger partial charge is 0.169 e. The highest BCUT2D eigenvalue weighted by Crippen LogP contribution is 2.17. The van der Waals surface area contributed by atoms with Crippen molar-refractivity contribution in [2.45, 2.75) is 0 Å². The molecule has 1 heterocycles. The first-order valence-electron chi connectivity index (χ1n) is 4.73. The summed E-state index contributed by atoms with van der Waals surface area (Å²) in [5.74, 6) is 0.192. The lowest BCUT2D eigenvalue weighted by Gasteiger charge is -2.22. The molecule has 2 rings (SSSR count). The van der Waals surface area contributed by atoms with Gasteiger partial charge in [-0.15, -0.1) is 0 Å². The zero-order valence-electron chi connectivity index (χ0n) is 8.23. The summed E-state index contributed by atoms with van der Waals surface area (Å²) in [5, 5.41) is 0. The summed E-state index contributed by atoms with van der Waals surface area (Å²) >= 11 is 0. The molecule has 0 spiro atoms. The Bertz CT molecular complexity index is 367. The fourth-order valence-electron chi connectivity index (χ4n) is 1.73. The SMILES string of the molecule is CN1CC(=O)C=C(c2ccccc2)C1. The molecule has 1 aromatic rings. The van der Waals surface area contributed by atoms with E-state index in [1.54, 1.807) is 6.08 Å². The average Bonchev–Trinajstić information content (AvgIpc) is 2.18. The van der Waals surface area contributed by atoms with Crippen LogP contribution < -0.4 is 0 Å². The number of hydrogen-bond donors (Lipinski definition) is 0. The summed E-state index contributed by atoms with van der Waals surface area (Å²) in [6.07, 6.45) is 1.76. The minimum atomic E-state index is 0.192. The standard InChI is InChI=1S/C12H13NO/c1-13-8-11(7-12(14)9-13)10-5-3-2-4-6-10/h2-7H,8-9H2,1H3. The minimum absolute atomic E-state index is 0.192. The maximum Gasteiger partial charge on any atom is 0.169 e. The predicted octanol–water partition coefficient (Wildman–Crippen LogP) is 1.58. The molecule has 2 heteroatoms. The Morgan fingerprint density at radius 3 is 2.50 bits per heavy atom. The Morgan fingerprint density at radius 2 is 1.86 bits per heavy atom. The highest BCUT2D eigenvalue weighted by atomic mass is 16.1. The second kappa shape index (κ2) is 3.76. The summed E-state index contributed by atoms with van der Waals surface area (Å²) < 4.78 is 0. The van der Waals surface area contributed by atoms with Gasteiger partial charge in [0.2, 0.25) is 0 Å². The van der Waals surface area contributed by atoms with Gasteiger partial charge in [0.25, 0.3) is 0 Å². The monoisotopic (exact) mass is 187 g/mol. The van der Waals surface area contributed by atoms with Crippen LogP contribution in [0.4, 0.5) is 0 Å². The maximum atomic E-state index is 11.3. The Morgan fingerprint density at radius 1 is 1.14 bits per heavy atom. The molecule has 0 N–H and O–H groups in total. The molecule has 0 atom stereocenters. The van der Waals surface area contributed by atoms with E-state index in [0.717, 1.165) is 17.7 Å². The van der Waals surface area contributed by atoms with Gasteiger partial charge in [-0.25, -0.2) is 0 Å². The fraction of sp³-hybridized carbons (Fsp3) is 0.250. The third-order valence-electron chi connectivity index (χ3n) is 2.35. The first-order chi connectivity index (χ1) is 6.75. The van der Waals surface area contributed by atoms with E-state index in [0.29, 0.717) is 6.54 Å². The molecule has 0 fully saturated rings. The summed E-state index contributed by atoms with van der Waals surface area (Å²) in [4.78, 5) is 13.4. The molecule has 0 amide bonds. The van der Waals surface area contributed by atoms with Gasteiger partial charge in [0.05, 0.1) is 6.54 Å². The van der Waals surface area contributed by atoms with E-state index >= 15 is 0 Å². The van der Waals surface area contributed by atoms with Gasteiger partial charge in [-0.05, 0) is 24.3 Å².